The molecule has 2 aliphatic rings. The zero-order valence-corrected chi connectivity index (χ0v) is 14.6. The van der Waals surface area contributed by atoms with E-state index in [1.54, 1.807) is 6.07 Å². The summed E-state index contributed by atoms with van der Waals surface area (Å²) >= 11 is 0. The van der Waals surface area contributed by atoms with E-state index in [-0.39, 0.29) is 16.9 Å². The molecule has 1 spiro atoms. The molecule has 0 bridgehead atoms. The van der Waals surface area contributed by atoms with Crippen LogP contribution in [0.2, 0.25) is 0 Å². The molecule has 24 heavy (non-hydrogen) atoms. The van der Waals surface area contributed by atoms with E-state index in [2.05, 4.69) is 0 Å². The molecule has 1 saturated carbocycles. The Hall–Kier alpha value is -1.60. The number of carboxylic acid groups (broad SMARTS) is 1. The average Bonchev–Trinajstić information content (AvgIpc) is 3.33. The second kappa shape index (κ2) is 6.37. The van der Waals surface area contributed by atoms with Crippen molar-refractivity contribution in [3.05, 3.63) is 23.8 Å². The van der Waals surface area contributed by atoms with E-state index in [1.165, 1.54) is 36.4 Å². The summed E-state index contributed by atoms with van der Waals surface area (Å²) in [6.07, 6.45) is 4.91. The van der Waals surface area contributed by atoms with Crippen molar-refractivity contribution in [1.82, 2.24) is 4.31 Å². The largest absolute Gasteiger partial charge is 0.497 e. The van der Waals surface area contributed by atoms with Crippen LogP contribution in [0.3, 0.4) is 0 Å². The summed E-state index contributed by atoms with van der Waals surface area (Å²) in [4.78, 5) is 11.2. The van der Waals surface area contributed by atoms with Crippen LogP contribution in [-0.4, -0.2) is 44.0 Å². The van der Waals surface area contributed by atoms with Crippen molar-refractivity contribution in [3.8, 4) is 5.75 Å². The number of methoxy groups -OCH3 is 1. The van der Waals surface area contributed by atoms with E-state index in [0.29, 0.717) is 24.3 Å². The van der Waals surface area contributed by atoms with Crippen LogP contribution in [-0.2, 0) is 21.2 Å². The molecule has 1 aliphatic heterocycles. The fourth-order valence-electron chi connectivity index (χ4n) is 3.52. The molecule has 0 amide bonds. The summed E-state index contributed by atoms with van der Waals surface area (Å²) in [7, 11) is -2.22. The van der Waals surface area contributed by atoms with Gasteiger partial charge in [0.25, 0.3) is 0 Å². The van der Waals surface area contributed by atoms with Gasteiger partial charge < -0.3 is 9.84 Å². The van der Waals surface area contributed by atoms with Gasteiger partial charge in [0.1, 0.15) is 5.75 Å². The standard InChI is InChI=1S/C17H23NO5S/c1-23-14-3-4-15(13(11-14)12-16(19)20)24(21,22)18-9-2-5-17(6-7-17)8-10-18/h3-4,11H,2,5-10,12H2,1H3,(H,19,20). The third-order valence-electron chi connectivity index (χ3n) is 5.19. The van der Waals surface area contributed by atoms with Gasteiger partial charge in [-0.25, -0.2) is 8.42 Å². The van der Waals surface area contributed by atoms with Gasteiger partial charge in [-0.2, -0.15) is 4.31 Å². The predicted molar refractivity (Wildman–Crippen MR) is 88.6 cm³/mol. The fourth-order valence-corrected chi connectivity index (χ4v) is 5.20. The zero-order valence-electron chi connectivity index (χ0n) is 13.8. The van der Waals surface area contributed by atoms with Crippen LogP contribution in [0.25, 0.3) is 0 Å². The highest BCUT2D eigenvalue weighted by atomic mass is 32.2. The SMILES string of the molecule is COc1ccc(S(=O)(=O)N2CCCC3(CC2)CC3)c(CC(=O)O)c1. The number of ether oxygens (including phenoxy) is 1. The molecular weight excluding hydrogens is 330 g/mol. The molecule has 1 aromatic rings. The van der Waals surface area contributed by atoms with Gasteiger partial charge in [-0.1, -0.05) is 0 Å². The Morgan fingerprint density at radius 2 is 2.00 bits per heavy atom. The van der Waals surface area contributed by atoms with Gasteiger partial charge >= 0.3 is 5.97 Å². The van der Waals surface area contributed by atoms with Crippen LogP contribution < -0.4 is 4.74 Å². The van der Waals surface area contributed by atoms with Gasteiger partial charge in [-0.05, 0) is 61.3 Å². The lowest BCUT2D eigenvalue weighted by Crippen LogP contribution is -2.33. The first-order chi connectivity index (χ1) is 11.4. The molecule has 0 radical (unpaired) electrons. The van der Waals surface area contributed by atoms with Crippen LogP contribution >= 0.6 is 0 Å². The average molecular weight is 353 g/mol. The Labute approximate surface area is 142 Å². The van der Waals surface area contributed by atoms with Gasteiger partial charge in [0.2, 0.25) is 10.0 Å². The number of aliphatic carboxylic acids is 1. The predicted octanol–water partition coefficient (Wildman–Crippen LogP) is 2.28. The van der Waals surface area contributed by atoms with E-state index in [9.17, 15) is 13.2 Å². The highest BCUT2D eigenvalue weighted by molar-refractivity contribution is 7.89. The van der Waals surface area contributed by atoms with Crippen LogP contribution in [0.1, 0.15) is 37.7 Å². The van der Waals surface area contributed by atoms with Crippen molar-refractivity contribution in [2.75, 3.05) is 20.2 Å². The molecule has 0 atom stereocenters. The van der Waals surface area contributed by atoms with Crippen LogP contribution in [0.4, 0.5) is 0 Å². The quantitative estimate of drug-likeness (QED) is 0.878. The lowest BCUT2D eigenvalue weighted by molar-refractivity contribution is -0.136. The van der Waals surface area contributed by atoms with E-state index >= 15 is 0 Å². The van der Waals surface area contributed by atoms with Crippen molar-refractivity contribution >= 4 is 16.0 Å². The summed E-state index contributed by atoms with van der Waals surface area (Å²) in [5.74, 6) is -0.606. The van der Waals surface area contributed by atoms with Gasteiger partial charge in [0.15, 0.2) is 0 Å². The number of rotatable bonds is 5. The Kier molecular flexibility index (Phi) is 4.57. The van der Waals surface area contributed by atoms with Gasteiger partial charge in [-0.3, -0.25) is 4.79 Å². The summed E-state index contributed by atoms with van der Waals surface area (Å²) in [5, 5.41) is 9.10. The van der Waals surface area contributed by atoms with Gasteiger partial charge in [0, 0.05) is 13.1 Å². The summed E-state index contributed by atoms with van der Waals surface area (Å²) < 4.78 is 32.8. The molecule has 1 heterocycles. The third-order valence-corrected chi connectivity index (χ3v) is 7.19. The second-order valence-electron chi connectivity index (χ2n) is 6.80. The zero-order chi connectivity index (χ0) is 17.4. The first-order valence-corrected chi connectivity index (χ1v) is 9.69. The number of hydrogen-bond donors (Lipinski definition) is 1. The monoisotopic (exact) mass is 353 g/mol. The number of carbonyl (C=O) groups is 1. The molecule has 1 aliphatic carbocycles. The first-order valence-electron chi connectivity index (χ1n) is 8.25. The molecular formula is C17H23NO5S. The normalized spacial score (nSPS) is 20.5. The summed E-state index contributed by atoms with van der Waals surface area (Å²) in [6.45, 7) is 1.02. The van der Waals surface area contributed by atoms with E-state index in [4.69, 9.17) is 9.84 Å². The molecule has 1 N–H and O–H groups in total. The van der Waals surface area contributed by atoms with E-state index in [0.717, 1.165) is 19.3 Å². The molecule has 0 aromatic heterocycles. The lowest BCUT2D eigenvalue weighted by atomic mass is 9.98. The highest BCUT2D eigenvalue weighted by Gasteiger charge is 2.44. The van der Waals surface area contributed by atoms with Crippen LogP contribution in [0, 0.1) is 5.41 Å². The maximum absolute atomic E-state index is 13.1. The van der Waals surface area contributed by atoms with Crippen molar-refractivity contribution in [2.24, 2.45) is 5.41 Å². The number of hydrogen-bond acceptors (Lipinski definition) is 4. The topological polar surface area (TPSA) is 83.9 Å². The number of benzene rings is 1. The highest BCUT2D eigenvalue weighted by Crippen LogP contribution is 2.53. The molecule has 3 rings (SSSR count). The minimum Gasteiger partial charge on any atom is -0.497 e. The molecule has 6 nitrogen and oxygen atoms in total. The minimum atomic E-state index is -3.69. The molecule has 1 aromatic carbocycles. The summed E-state index contributed by atoms with van der Waals surface area (Å²) in [6, 6.07) is 4.53. The number of nitrogens with zero attached hydrogens (tertiary/aromatic N) is 1. The second-order valence-corrected chi connectivity index (χ2v) is 8.71. The van der Waals surface area contributed by atoms with Crippen molar-refractivity contribution in [3.63, 3.8) is 0 Å². The Morgan fingerprint density at radius 1 is 1.25 bits per heavy atom. The number of carboxylic acids is 1. The smallest absolute Gasteiger partial charge is 0.307 e. The van der Waals surface area contributed by atoms with Crippen LogP contribution in [0.5, 0.6) is 5.75 Å². The molecule has 7 heteroatoms. The maximum Gasteiger partial charge on any atom is 0.307 e. The Balaban J connectivity index is 1.91. The number of sulfonamides is 1. The van der Waals surface area contributed by atoms with Crippen molar-refractivity contribution in [1.29, 1.82) is 0 Å². The lowest BCUT2D eigenvalue weighted by Gasteiger charge is -2.22. The molecule has 132 valence electrons. The molecule has 2 fully saturated rings. The van der Waals surface area contributed by atoms with E-state index < -0.39 is 16.0 Å². The third kappa shape index (κ3) is 3.42. The molecule has 1 saturated heterocycles. The van der Waals surface area contributed by atoms with Crippen molar-refractivity contribution < 1.29 is 23.1 Å². The van der Waals surface area contributed by atoms with E-state index in [1.807, 2.05) is 0 Å². The Morgan fingerprint density at radius 3 is 2.62 bits per heavy atom. The van der Waals surface area contributed by atoms with Crippen LogP contribution in [0.15, 0.2) is 23.1 Å². The van der Waals surface area contributed by atoms with Gasteiger partial charge in [-0.15, -0.1) is 0 Å². The van der Waals surface area contributed by atoms with Crippen molar-refractivity contribution in [2.45, 2.75) is 43.4 Å². The minimum absolute atomic E-state index is 0.0810. The Bertz CT molecular complexity index is 739. The fraction of sp³-hybridized carbons (Fsp3) is 0.588. The van der Waals surface area contributed by atoms with Gasteiger partial charge in [0.05, 0.1) is 18.4 Å². The maximum atomic E-state index is 13.1. The first kappa shape index (κ1) is 17.2. The summed E-state index contributed by atoms with van der Waals surface area (Å²) in [5.41, 5.74) is 0.640. The molecule has 0 unspecified atom stereocenters.